The lowest BCUT2D eigenvalue weighted by Crippen LogP contribution is -2.36. The van der Waals surface area contributed by atoms with Gasteiger partial charge in [-0.15, -0.1) is 11.3 Å². The maximum atomic E-state index is 13.5. The molecular formula is C30H36N4O6S2. The average molecular weight is 613 g/mol. The van der Waals surface area contributed by atoms with Crippen LogP contribution in [0.5, 0.6) is 0 Å². The third-order valence-corrected chi connectivity index (χ3v) is 10.2. The van der Waals surface area contributed by atoms with Crippen molar-refractivity contribution >= 4 is 44.3 Å². The summed E-state index contributed by atoms with van der Waals surface area (Å²) in [6, 6.07) is 14.8. The maximum Gasteiger partial charge on any atom is 0.413 e. The van der Waals surface area contributed by atoms with E-state index in [4.69, 9.17) is 0 Å². The van der Waals surface area contributed by atoms with Crippen LogP contribution in [-0.2, 0) is 34.3 Å². The third kappa shape index (κ3) is 7.06. The van der Waals surface area contributed by atoms with Crippen LogP contribution < -0.4 is 10.6 Å². The minimum atomic E-state index is -3.84. The highest BCUT2D eigenvalue weighted by Gasteiger charge is 2.30. The van der Waals surface area contributed by atoms with Crippen LogP contribution in [0.2, 0.25) is 0 Å². The van der Waals surface area contributed by atoms with E-state index in [0.29, 0.717) is 18.0 Å². The summed E-state index contributed by atoms with van der Waals surface area (Å²) in [5.74, 6) is -1.15. The van der Waals surface area contributed by atoms with Gasteiger partial charge in [-0.25, -0.2) is 13.2 Å². The van der Waals surface area contributed by atoms with Crippen molar-refractivity contribution in [2.24, 2.45) is 0 Å². The zero-order chi connectivity index (χ0) is 30.4. The van der Waals surface area contributed by atoms with Gasteiger partial charge in [0, 0.05) is 36.1 Å². The molecule has 0 unspecified atom stereocenters. The summed E-state index contributed by atoms with van der Waals surface area (Å²) in [5.41, 5.74) is 2.15. The standard InChI is InChI=1S/C30H36N4O6S2/c1-5-16-33-17-15-24-25(19-33)41-29(26(24)28(36)32-30(37)40-4)31-27(35)22-11-13-23(14-12-22)42(38,39)34(20(2)3)18-21-9-7-6-8-10-21/h6-14,20H,5,15-19H2,1-4H3,(H,31,35)(H,32,36,37). The molecule has 0 spiro atoms. The Morgan fingerprint density at radius 3 is 2.36 bits per heavy atom. The zero-order valence-corrected chi connectivity index (χ0v) is 25.8. The molecule has 0 saturated heterocycles. The van der Waals surface area contributed by atoms with Crippen LogP contribution in [-0.4, -0.2) is 61.8 Å². The normalized spacial score (nSPS) is 13.6. The van der Waals surface area contributed by atoms with Gasteiger partial charge >= 0.3 is 6.09 Å². The molecule has 2 heterocycles. The fourth-order valence-corrected chi connectivity index (χ4v) is 7.80. The number of hydrogen-bond donors (Lipinski definition) is 2. The van der Waals surface area contributed by atoms with Gasteiger partial charge in [-0.05, 0) is 68.6 Å². The first kappa shape index (κ1) is 31.4. The number of methoxy groups -OCH3 is 1. The Morgan fingerprint density at radius 1 is 1.05 bits per heavy atom. The molecule has 1 aliphatic rings. The molecular weight excluding hydrogens is 576 g/mol. The Labute approximate surface area is 250 Å². The molecule has 42 heavy (non-hydrogen) atoms. The topological polar surface area (TPSA) is 125 Å². The molecule has 3 amide bonds. The molecule has 3 aromatic rings. The summed E-state index contributed by atoms with van der Waals surface area (Å²) in [6.07, 6.45) is 0.709. The van der Waals surface area contributed by atoms with Crippen LogP contribution in [0.15, 0.2) is 59.5 Å². The third-order valence-electron chi connectivity index (χ3n) is 7.01. The van der Waals surface area contributed by atoms with Gasteiger partial charge in [-0.1, -0.05) is 37.3 Å². The lowest BCUT2D eigenvalue weighted by atomic mass is 10.0. The number of sulfonamides is 1. The number of benzene rings is 2. The molecule has 1 aliphatic heterocycles. The Kier molecular flexibility index (Phi) is 10.2. The molecule has 10 nitrogen and oxygen atoms in total. The van der Waals surface area contributed by atoms with Gasteiger partial charge in [0.1, 0.15) is 5.00 Å². The fourth-order valence-electron chi connectivity index (χ4n) is 4.90. The van der Waals surface area contributed by atoms with E-state index < -0.39 is 27.9 Å². The van der Waals surface area contributed by atoms with Crippen LogP contribution >= 0.6 is 11.3 Å². The molecule has 0 fully saturated rings. The first-order chi connectivity index (χ1) is 20.0. The smallest absolute Gasteiger partial charge is 0.413 e. The van der Waals surface area contributed by atoms with E-state index in [1.165, 1.54) is 47.0 Å². The summed E-state index contributed by atoms with van der Waals surface area (Å²) >= 11 is 1.30. The number of fused-ring (bicyclic) bond motifs is 1. The average Bonchev–Trinajstić information content (AvgIpc) is 3.33. The van der Waals surface area contributed by atoms with Crippen molar-refractivity contribution in [3.63, 3.8) is 0 Å². The Balaban J connectivity index is 1.57. The molecule has 12 heteroatoms. The van der Waals surface area contributed by atoms with Crippen LogP contribution in [0.3, 0.4) is 0 Å². The number of rotatable bonds is 10. The lowest BCUT2D eigenvalue weighted by Gasteiger charge is -2.26. The highest BCUT2D eigenvalue weighted by molar-refractivity contribution is 7.89. The van der Waals surface area contributed by atoms with E-state index in [-0.39, 0.29) is 28.6 Å². The van der Waals surface area contributed by atoms with E-state index >= 15 is 0 Å². The molecule has 0 atom stereocenters. The van der Waals surface area contributed by atoms with Crippen molar-refractivity contribution in [2.45, 2.75) is 57.6 Å². The number of carbonyl (C=O) groups excluding carboxylic acids is 3. The predicted molar refractivity (Wildman–Crippen MR) is 162 cm³/mol. The number of hydrogen-bond acceptors (Lipinski definition) is 8. The summed E-state index contributed by atoms with van der Waals surface area (Å²) in [4.78, 5) is 41.4. The Bertz CT molecular complexity index is 1540. The van der Waals surface area contributed by atoms with Crippen molar-refractivity contribution in [1.29, 1.82) is 0 Å². The monoisotopic (exact) mass is 612 g/mol. The number of nitrogens with zero attached hydrogens (tertiary/aromatic N) is 2. The van der Waals surface area contributed by atoms with Crippen molar-refractivity contribution in [1.82, 2.24) is 14.5 Å². The minimum absolute atomic E-state index is 0.0735. The number of ether oxygens (including phenoxy) is 1. The van der Waals surface area contributed by atoms with Gasteiger partial charge in [0.2, 0.25) is 10.0 Å². The second-order valence-corrected chi connectivity index (χ2v) is 13.3. The molecule has 0 radical (unpaired) electrons. The van der Waals surface area contributed by atoms with Crippen molar-refractivity contribution in [3.05, 3.63) is 81.7 Å². The second-order valence-electron chi connectivity index (χ2n) is 10.3. The maximum absolute atomic E-state index is 13.5. The summed E-state index contributed by atoms with van der Waals surface area (Å²) in [7, 11) is -2.67. The zero-order valence-electron chi connectivity index (χ0n) is 24.2. The van der Waals surface area contributed by atoms with Crippen molar-refractivity contribution in [2.75, 3.05) is 25.5 Å². The molecule has 0 aliphatic carbocycles. The van der Waals surface area contributed by atoms with Gasteiger partial charge in [0.15, 0.2) is 0 Å². The molecule has 0 saturated carbocycles. The Morgan fingerprint density at radius 2 is 1.74 bits per heavy atom. The van der Waals surface area contributed by atoms with Crippen LogP contribution in [0.25, 0.3) is 0 Å². The number of amides is 3. The summed E-state index contributed by atoms with van der Waals surface area (Å²) in [5, 5.41) is 5.36. The van der Waals surface area contributed by atoms with Gasteiger partial charge in [-0.3, -0.25) is 19.8 Å². The molecule has 2 N–H and O–H groups in total. The van der Waals surface area contributed by atoms with E-state index in [0.717, 1.165) is 35.5 Å². The highest BCUT2D eigenvalue weighted by atomic mass is 32.2. The quantitative estimate of drug-likeness (QED) is 0.335. The molecule has 2 aromatic carbocycles. The summed E-state index contributed by atoms with van der Waals surface area (Å²) < 4.78 is 33.0. The molecule has 0 bridgehead atoms. The van der Waals surface area contributed by atoms with E-state index in [1.54, 1.807) is 0 Å². The van der Waals surface area contributed by atoms with Crippen molar-refractivity contribution in [3.8, 4) is 0 Å². The van der Waals surface area contributed by atoms with Gasteiger partial charge in [-0.2, -0.15) is 4.31 Å². The van der Waals surface area contributed by atoms with Crippen LogP contribution in [0.4, 0.5) is 9.80 Å². The fraction of sp³-hybridized carbons (Fsp3) is 0.367. The van der Waals surface area contributed by atoms with Crippen molar-refractivity contribution < 1.29 is 27.5 Å². The SMILES string of the molecule is CCCN1CCc2c(sc(NC(=O)c3ccc(S(=O)(=O)N(Cc4ccccc4)C(C)C)cc3)c2C(=O)NC(=O)OC)C1. The number of nitrogens with one attached hydrogen (secondary N) is 2. The second kappa shape index (κ2) is 13.6. The number of thiophene rings is 1. The number of alkyl carbamates (subject to hydrolysis) is 1. The highest BCUT2D eigenvalue weighted by Crippen LogP contribution is 2.37. The molecule has 224 valence electrons. The van der Waals surface area contributed by atoms with E-state index in [9.17, 15) is 22.8 Å². The van der Waals surface area contributed by atoms with E-state index in [2.05, 4.69) is 27.2 Å². The number of imide groups is 1. The largest absolute Gasteiger partial charge is 0.453 e. The molecule has 1 aromatic heterocycles. The lowest BCUT2D eigenvalue weighted by molar-refractivity contribution is 0.0936. The first-order valence-electron chi connectivity index (χ1n) is 13.8. The number of anilines is 1. The summed E-state index contributed by atoms with van der Waals surface area (Å²) in [6.45, 7) is 8.28. The van der Waals surface area contributed by atoms with Gasteiger partial charge < -0.3 is 10.1 Å². The van der Waals surface area contributed by atoms with Crippen LogP contribution in [0, 0.1) is 0 Å². The molecule has 4 rings (SSSR count). The van der Waals surface area contributed by atoms with Crippen LogP contribution in [0.1, 0.15) is 63.9 Å². The van der Waals surface area contributed by atoms with Gasteiger partial charge in [0.05, 0.1) is 17.6 Å². The predicted octanol–water partition coefficient (Wildman–Crippen LogP) is 4.86. The van der Waals surface area contributed by atoms with Gasteiger partial charge in [0.25, 0.3) is 11.8 Å². The Hall–Kier alpha value is -3.58. The van der Waals surface area contributed by atoms with E-state index in [1.807, 2.05) is 44.2 Å². The minimum Gasteiger partial charge on any atom is -0.453 e. The number of carbonyl (C=O) groups is 3. The first-order valence-corrected chi connectivity index (χ1v) is 16.0.